The van der Waals surface area contributed by atoms with Crippen LogP contribution in [-0.4, -0.2) is 42.7 Å². The molecule has 128 valence electrons. The molecule has 5 nitrogen and oxygen atoms in total. The van der Waals surface area contributed by atoms with E-state index >= 15 is 0 Å². The van der Waals surface area contributed by atoms with E-state index < -0.39 is 13.0 Å². The van der Waals surface area contributed by atoms with Crippen LogP contribution in [0.1, 0.15) is 43.0 Å². The highest BCUT2D eigenvalue weighted by atomic mass is 19.3. The van der Waals surface area contributed by atoms with E-state index in [1.54, 1.807) is 0 Å². The minimum absolute atomic E-state index is 0.0291. The molecule has 2 rings (SSSR count). The highest BCUT2D eigenvalue weighted by molar-refractivity contribution is 5.94. The maximum absolute atomic E-state index is 12.1. The summed E-state index contributed by atoms with van der Waals surface area (Å²) in [6.45, 7) is 2.07. The average Bonchev–Trinajstić information content (AvgIpc) is 3.05. The lowest BCUT2D eigenvalue weighted by molar-refractivity contribution is 0.0794. The summed E-state index contributed by atoms with van der Waals surface area (Å²) in [4.78, 5) is 15.9. The Labute approximate surface area is 134 Å². The third-order valence-electron chi connectivity index (χ3n) is 3.68. The maximum Gasteiger partial charge on any atom is 0.272 e. The quantitative estimate of drug-likeness (QED) is 0.797. The molecule has 0 bridgehead atoms. The third kappa shape index (κ3) is 6.09. The van der Waals surface area contributed by atoms with Crippen LogP contribution in [0.3, 0.4) is 0 Å². The second kappa shape index (κ2) is 8.76. The number of halogens is 2. The fourth-order valence-corrected chi connectivity index (χ4v) is 2.44. The Morgan fingerprint density at radius 2 is 2.35 bits per heavy atom. The molecular weight excluding hydrogens is 306 g/mol. The first-order chi connectivity index (χ1) is 11.0. The van der Waals surface area contributed by atoms with E-state index in [2.05, 4.69) is 10.3 Å². The highest BCUT2D eigenvalue weighted by Gasteiger charge is 2.17. The summed E-state index contributed by atoms with van der Waals surface area (Å²) in [5.41, 5.74) is 0.373. The van der Waals surface area contributed by atoms with E-state index in [1.807, 2.05) is 6.92 Å². The van der Waals surface area contributed by atoms with Gasteiger partial charge < -0.3 is 14.8 Å². The molecule has 1 N–H and O–H groups in total. The van der Waals surface area contributed by atoms with Gasteiger partial charge in [0.1, 0.15) is 0 Å². The molecule has 1 fully saturated rings. The van der Waals surface area contributed by atoms with Gasteiger partial charge in [0.2, 0.25) is 5.88 Å². The molecule has 0 saturated carbocycles. The lowest BCUT2D eigenvalue weighted by Gasteiger charge is -2.16. The molecule has 0 unspecified atom stereocenters. The zero-order chi connectivity index (χ0) is 16.7. The minimum atomic E-state index is -2.55. The van der Waals surface area contributed by atoms with Gasteiger partial charge in [0, 0.05) is 24.9 Å². The van der Waals surface area contributed by atoms with Crippen LogP contribution in [-0.2, 0) is 4.74 Å². The van der Waals surface area contributed by atoms with Crippen LogP contribution in [0.25, 0.3) is 0 Å². The van der Waals surface area contributed by atoms with Crippen molar-refractivity contribution in [1.82, 2.24) is 10.3 Å². The van der Waals surface area contributed by atoms with E-state index in [-0.39, 0.29) is 17.8 Å². The molecule has 7 heteroatoms. The first kappa shape index (κ1) is 17.6. The molecule has 23 heavy (non-hydrogen) atoms. The second-order valence-electron chi connectivity index (χ2n) is 5.67. The second-order valence-corrected chi connectivity index (χ2v) is 5.67. The Morgan fingerprint density at radius 3 is 2.96 bits per heavy atom. The molecule has 2 heterocycles. The van der Waals surface area contributed by atoms with Gasteiger partial charge in [-0.2, -0.15) is 0 Å². The first-order valence-electron chi connectivity index (χ1n) is 7.84. The average molecular weight is 328 g/mol. The van der Waals surface area contributed by atoms with Crippen LogP contribution in [0.15, 0.2) is 18.3 Å². The SMILES string of the molecule is C[C@@H](CC[C@H]1CCCO1)NC(=O)c1ccc(OCC(F)F)nc1. The van der Waals surface area contributed by atoms with E-state index in [0.717, 1.165) is 32.3 Å². The number of nitrogens with one attached hydrogen (secondary N) is 1. The molecule has 0 aliphatic carbocycles. The van der Waals surface area contributed by atoms with Crippen LogP contribution in [0.5, 0.6) is 5.88 Å². The monoisotopic (exact) mass is 328 g/mol. The van der Waals surface area contributed by atoms with Crippen LogP contribution in [0, 0.1) is 0 Å². The molecule has 2 atom stereocenters. The molecule has 1 amide bonds. The van der Waals surface area contributed by atoms with Gasteiger partial charge in [-0.1, -0.05) is 0 Å². The number of pyridine rings is 1. The van der Waals surface area contributed by atoms with E-state index in [0.29, 0.717) is 11.7 Å². The predicted molar refractivity (Wildman–Crippen MR) is 80.9 cm³/mol. The highest BCUT2D eigenvalue weighted by Crippen LogP contribution is 2.17. The van der Waals surface area contributed by atoms with Gasteiger partial charge in [0.25, 0.3) is 12.3 Å². The smallest absolute Gasteiger partial charge is 0.272 e. The van der Waals surface area contributed by atoms with Crippen molar-refractivity contribution in [2.45, 2.75) is 51.2 Å². The molecule has 1 saturated heterocycles. The predicted octanol–water partition coefficient (Wildman–Crippen LogP) is 2.80. The number of carbonyl (C=O) groups excluding carboxylic acids is 1. The van der Waals surface area contributed by atoms with E-state index in [4.69, 9.17) is 9.47 Å². The number of nitrogens with zero attached hydrogens (tertiary/aromatic N) is 1. The van der Waals surface area contributed by atoms with Gasteiger partial charge in [-0.3, -0.25) is 4.79 Å². The number of amides is 1. The number of aromatic nitrogens is 1. The van der Waals surface area contributed by atoms with Crippen molar-refractivity contribution < 1.29 is 23.0 Å². The first-order valence-corrected chi connectivity index (χ1v) is 7.84. The number of alkyl halides is 2. The Bertz CT molecular complexity index is 491. The lowest BCUT2D eigenvalue weighted by atomic mass is 10.1. The lowest BCUT2D eigenvalue weighted by Crippen LogP contribution is -2.33. The molecule has 1 aromatic rings. The van der Waals surface area contributed by atoms with E-state index in [9.17, 15) is 13.6 Å². The molecule has 0 spiro atoms. The Morgan fingerprint density at radius 1 is 1.52 bits per heavy atom. The fourth-order valence-electron chi connectivity index (χ4n) is 2.44. The van der Waals surface area contributed by atoms with Crippen molar-refractivity contribution in [3.05, 3.63) is 23.9 Å². The number of hydrogen-bond donors (Lipinski definition) is 1. The van der Waals surface area contributed by atoms with Gasteiger partial charge in [-0.15, -0.1) is 0 Å². The van der Waals surface area contributed by atoms with Gasteiger partial charge in [0.15, 0.2) is 6.61 Å². The number of ether oxygens (including phenoxy) is 2. The molecule has 0 aromatic carbocycles. The van der Waals surface area contributed by atoms with Crippen molar-refractivity contribution in [3.8, 4) is 5.88 Å². The van der Waals surface area contributed by atoms with E-state index in [1.165, 1.54) is 18.3 Å². The van der Waals surface area contributed by atoms with Crippen LogP contribution in [0.4, 0.5) is 8.78 Å². The number of hydrogen-bond acceptors (Lipinski definition) is 4. The summed E-state index contributed by atoms with van der Waals surface area (Å²) in [6, 6.07) is 2.95. The van der Waals surface area contributed by atoms with Crippen molar-refractivity contribution >= 4 is 5.91 Å². The van der Waals surface area contributed by atoms with Crippen molar-refractivity contribution in [1.29, 1.82) is 0 Å². The summed E-state index contributed by atoms with van der Waals surface area (Å²) < 4.78 is 34.4. The molecular formula is C16H22F2N2O3. The maximum atomic E-state index is 12.1. The van der Waals surface area contributed by atoms with Gasteiger partial charge in [-0.25, -0.2) is 13.8 Å². The summed E-state index contributed by atoms with van der Waals surface area (Å²) in [5.74, 6) is -0.161. The summed E-state index contributed by atoms with van der Waals surface area (Å²) in [7, 11) is 0. The normalized spacial score (nSPS) is 18.9. The van der Waals surface area contributed by atoms with Gasteiger partial charge in [0.05, 0.1) is 11.7 Å². The number of carbonyl (C=O) groups is 1. The largest absolute Gasteiger partial charge is 0.472 e. The number of rotatable bonds is 8. The fraction of sp³-hybridized carbons (Fsp3) is 0.625. The minimum Gasteiger partial charge on any atom is -0.472 e. The summed E-state index contributed by atoms with van der Waals surface area (Å²) in [5, 5.41) is 2.89. The van der Waals surface area contributed by atoms with Crippen molar-refractivity contribution in [2.75, 3.05) is 13.2 Å². The third-order valence-corrected chi connectivity index (χ3v) is 3.68. The van der Waals surface area contributed by atoms with Crippen LogP contribution >= 0.6 is 0 Å². The van der Waals surface area contributed by atoms with Crippen molar-refractivity contribution in [2.24, 2.45) is 0 Å². The standard InChI is InChI=1S/C16H22F2N2O3/c1-11(4-6-13-3-2-8-22-13)20-16(21)12-5-7-15(19-9-12)23-10-14(17)18/h5,7,9,11,13-14H,2-4,6,8,10H2,1H3,(H,20,21)/t11-,13+/m0/s1. The van der Waals surface area contributed by atoms with Crippen LogP contribution < -0.4 is 10.1 Å². The van der Waals surface area contributed by atoms with Crippen molar-refractivity contribution in [3.63, 3.8) is 0 Å². The Balaban J connectivity index is 1.75. The zero-order valence-corrected chi connectivity index (χ0v) is 13.1. The topological polar surface area (TPSA) is 60.5 Å². The summed E-state index contributed by atoms with van der Waals surface area (Å²) >= 11 is 0. The van der Waals surface area contributed by atoms with Crippen LogP contribution in [0.2, 0.25) is 0 Å². The summed E-state index contributed by atoms with van der Waals surface area (Å²) in [6.07, 6.45) is 3.05. The Hall–Kier alpha value is -1.76. The van der Waals surface area contributed by atoms with Gasteiger partial charge >= 0.3 is 0 Å². The molecule has 0 radical (unpaired) electrons. The van der Waals surface area contributed by atoms with Gasteiger partial charge in [-0.05, 0) is 38.7 Å². The Kier molecular flexibility index (Phi) is 6.70. The molecule has 1 aliphatic rings. The zero-order valence-electron chi connectivity index (χ0n) is 13.1. The molecule has 1 aliphatic heterocycles. The molecule has 1 aromatic heterocycles.